The molecule has 0 aliphatic carbocycles. The van der Waals surface area contributed by atoms with E-state index in [1.54, 1.807) is 23.3 Å². The van der Waals surface area contributed by atoms with E-state index < -0.39 is 47.4 Å². The zero-order chi connectivity index (χ0) is 32.9. The van der Waals surface area contributed by atoms with Crippen molar-refractivity contribution < 1.29 is 52.7 Å². The second-order valence-electron chi connectivity index (χ2n) is 9.45. The van der Waals surface area contributed by atoms with Crippen molar-refractivity contribution in [1.82, 2.24) is 19.8 Å². The standard InChI is InChI=1S/C26H21N5O6S.C2HF3O2/c32-21(33)9-28-24(35)22-23(34)18-11-30(25(36)19-13-38-14-29-19)12-20(18)31(26(22)37)10-15-3-1-4-16(7-15)17-5-2-6-27-8-17;3-2(4,5)1(6)7/h1-8,13-14,34H,9-12H2,(H,28,35)(H,32,33);(H,6,7)/p+1. The zero-order valence-corrected chi connectivity index (χ0v) is 23.7. The number of hydrogen-bond donors (Lipinski definition) is 4. The van der Waals surface area contributed by atoms with Gasteiger partial charge in [-0.2, -0.15) is 18.2 Å². The van der Waals surface area contributed by atoms with Gasteiger partial charge in [0.05, 0.1) is 25.0 Å². The monoisotopic (exact) mass is 646 g/mol. The molecular weight excluding hydrogens is 623 g/mol. The van der Waals surface area contributed by atoms with Crippen LogP contribution >= 0.6 is 11.3 Å². The Morgan fingerprint density at radius 3 is 2.38 bits per heavy atom. The van der Waals surface area contributed by atoms with E-state index in [1.165, 1.54) is 20.8 Å². The first kappa shape index (κ1) is 32.3. The number of aromatic nitrogens is 3. The topological polar surface area (TPSA) is 193 Å². The molecule has 0 spiro atoms. The Morgan fingerprint density at radius 1 is 1.07 bits per heavy atom. The third-order valence-corrected chi connectivity index (χ3v) is 7.09. The molecule has 0 saturated heterocycles. The number of H-pyrrole nitrogens is 1. The Kier molecular flexibility index (Phi) is 9.61. The van der Waals surface area contributed by atoms with Crippen LogP contribution in [0.5, 0.6) is 5.75 Å². The molecule has 0 radical (unpaired) electrons. The molecule has 1 aliphatic heterocycles. The number of carbonyl (C=O) groups is 4. The molecule has 234 valence electrons. The number of aliphatic carboxylic acids is 2. The van der Waals surface area contributed by atoms with E-state index in [4.69, 9.17) is 15.0 Å². The number of carboxylic acids is 2. The Morgan fingerprint density at radius 2 is 1.78 bits per heavy atom. The van der Waals surface area contributed by atoms with Gasteiger partial charge in [0.2, 0.25) is 5.51 Å². The van der Waals surface area contributed by atoms with Crippen LogP contribution in [-0.2, 0) is 29.2 Å². The lowest BCUT2D eigenvalue weighted by atomic mass is 10.0. The Hall–Kier alpha value is -5.58. The number of halogens is 3. The molecule has 0 bridgehead atoms. The molecule has 4 heterocycles. The van der Waals surface area contributed by atoms with Gasteiger partial charge in [-0.3, -0.25) is 24.2 Å². The van der Waals surface area contributed by atoms with Crippen molar-refractivity contribution in [2.24, 2.45) is 0 Å². The summed E-state index contributed by atoms with van der Waals surface area (Å²) in [6.07, 6.45) is -1.69. The lowest BCUT2D eigenvalue weighted by molar-refractivity contribution is -0.375. The largest absolute Gasteiger partial charge is 0.506 e. The predicted octanol–water partition coefficient (Wildman–Crippen LogP) is 2.14. The minimum atomic E-state index is -5.08. The maximum absolute atomic E-state index is 13.6. The van der Waals surface area contributed by atoms with Gasteiger partial charge in [0.1, 0.15) is 17.9 Å². The highest BCUT2D eigenvalue weighted by molar-refractivity contribution is 7.07. The maximum Gasteiger partial charge on any atom is 0.490 e. The number of pyridine rings is 2. The highest BCUT2D eigenvalue weighted by Crippen LogP contribution is 2.33. The number of benzene rings is 1. The van der Waals surface area contributed by atoms with Crippen LogP contribution in [0, 0.1) is 0 Å². The van der Waals surface area contributed by atoms with Gasteiger partial charge >= 0.3 is 24.0 Å². The lowest BCUT2D eigenvalue weighted by Crippen LogP contribution is -2.37. The third kappa shape index (κ3) is 7.50. The van der Waals surface area contributed by atoms with E-state index in [2.05, 4.69) is 15.3 Å². The molecule has 0 unspecified atom stereocenters. The number of carboxylic acid groups (broad SMARTS) is 2. The summed E-state index contributed by atoms with van der Waals surface area (Å²) in [5.74, 6) is -5.94. The SMILES string of the molecule is O=C(O)C(F)(F)F.O=C(O)CNC(=O)c1c(O)c2c(n(Cc3cccc(-c4cccnc4)c3)c1=O)CN(C(=O)c1csc[nH+]1)C2. The summed E-state index contributed by atoms with van der Waals surface area (Å²) in [7, 11) is 0. The Balaban J connectivity index is 0.000000591. The molecule has 45 heavy (non-hydrogen) atoms. The Bertz CT molecular complexity index is 1810. The number of thiazole rings is 1. The number of aromatic hydroxyl groups is 1. The van der Waals surface area contributed by atoms with Gasteiger partial charge in [-0.15, -0.1) is 0 Å². The van der Waals surface area contributed by atoms with Gasteiger partial charge in [-0.25, -0.2) is 4.79 Å². The minimum absolute atomic E-state index is 0.0289. The number of aromatic amines is 1. The minimum Gasteiger partial charge on any atom is -0.506 e. The number of nitrogens with one attached hydrogen (secondary N) is 2. The van der Waals surface area contributed by atoms with Gasteiger partial charge in [0.25, 0.3) is 17.2 Å². The molecule has 3 aromatic heterocycles. The van der Waals surface area contributed by atoms with Crippen LogP contribution in [0.3, 0.4) is 0 Å². The fourth-order valence-electron chi connectivity index (χ4n) is 4.42. The average molecular weight is 647 g/mol. The first-order valence-electron chi connectivity index (χ1n) is 12.8. The summed E-state index contributed by atoms with van der Waals surface area (Å²) in [6, 6.07) is 11.2. The average Bonchev–Trinajstić information content (AvgIpc) is 3.70. The molecule has 1 aliphatic rings. The highest BCUT2D eigenvalue weighted by Gasteiger charge is 2.38. The van der Waals surface area contributed by atoms with Crippen molar-refractivity contribution in [1.29, 1.82) is 0 Å². The molecule has 1 aromatic carbocycles. The number of amides is 2. The second kappa shape index (κ2) is 13.4. The molecule has 0 saturated carbocycles. The number of carbonyl (C=O) groups excluding carboxylic acids is 2. The number of hydrogen-bond acceptors (Lipinski definition) is 8. The van der Waals surface area contributed by atoms with Crippen LogP contribution in [0.2, 0.25) is 0 Å². The van der Waals surface area contributed by atoms with Crippen LogP contribution in [0.1, 0.15) is 37.7 Å². The van der Waals surface area contributed by atoms with Crippen LogP contribution in [0.25, 0.3) is 11.1 Å². The van der Waals surface area contributed by atoms with Crippen molar-refractivity contribution in [3.63, 3.8) is 0 Å². The van der Waals surface area contributed by atoms with Crippen molar-refractivity contribution >= 4 is 35.1 Å². The van der Waals surface area contributed by atoms with Crippen LogP contribution < -0.4 is 15.9 Å². The first-order chi connectivity index (χ1) is 21.3. The molecule has 0 atom stereocenters. The van der Waals surface area contributed by atoms with Crippen LogP contribution in [0.4, 0.5) is 13.2 Å². The molecule has 5 N–H and O–H groups in total. The summed E-state index contributed by atoms with van der Waals surface area (Å²) in [6.45, 7) is -0.652. The molecule has 4 aromatic rings. The molecule has 17 heteroatoms. The number of rotatable bonds is 7. The van der Waals surface area contributed by atoms with Gasteiger partial charge in [-0.1, -0.05) is 35.6 Å². The summed E-state index contributed by atoms with van der Waals surface area (Å²) in [5.41, 5.74) is 3.84. The normalized spacial score (nSPS) is 12.1. The van der Waals surface area contributed by atoms with Gasteiger partial charge < -0.3 is 30.1 Å². The van der Waals surface area contributed by atoms with Crippen molar-refractivity contribution in [2.45, 2.75) is 25.8 Å². The molecule has 0 fully saturated rings. The smallest absolute Gasteiger partial charge is 0.490 e. The van der Waals surface area contributed by atoms with Gasteiger partial charge in [0.15, 0.2) is 0 Å². The summed E-state index contributed by atoms with van der Waals surface area (Å²) >= 11 is 1.32. The van der Waals surface area contributed by atoms with Crippen LogP contribution in [-0.4, -0.2) is 66.2 Å². The molecule has 13 nitrogen and oxygen atoms in total. The van der Waals surface area contributed by atoms with Gasteiger partial charge in [0, 0.05) is 23.7 Å². The van der Waals surface area contributed by atoms with Crippen molar-refractivity contribution in [3.8, 4) is 16.9 Å². The third-order valence-electron chi connectivity index (χ3n) is 6.46. The van der Waals surface area contributed by atoms with E-state index >= 15 is 0 Å². The zero-order valence-electron chi connectivity index (χ0n) is 22.9. The number of nitrogens with zero attached hydrogens (tertiary/aromatic N) is 3. The predicted molar refractivity (Wildman–Crippen MR) is 149 cm³/mol. The molecular formula is C28H23F3N5O8S+. The summed E-state index contributed by atoms with van der Waals surface area (Å²) < 4.78 is 33.1. The Labute approximate surface area is 254 Å². The van der Waals surface area contributed by atoms with Crippen molar-refractivity contribution in [2.75, 3.05) is 6.54 Å². The quantitative estimate of drug-likeness (QED) is 0.233. The summed E-state index contributed by atoms with van der Waals surface area (Å²) in [4.78, 5) is 67.7. The highest BCUT2D eigenvalue weighted by atomic mass is 32.1. The first-order valence-corrected chi connectivity index (χ1v) is 13.7. The van der Waals surface area contributed by atoms with Gasteiger partial charge in [-0.05, 0) is 28.8 Å². The van der Waals surface area contributed by atoms with Crippen LogP contribution in [0.15, 0.2) is 64.5 Å². The fraction of sp³-hybridized carbons (Fsp3) is 0.179. The van der Waals surface area contributed by atoms with E-state index in [0.29, 0.717) is 11.4 Å². The van der Waals surface area contributed by atoms with E-state index in [9.17, 15) is 37.5 Å². The van der Waals surface area contributed by atoms with E-state index in [1.807, 2.05) is 36.4 Å². The molecule has 5 rings (SSSR count). The van der Waals surface area contributed by atoms with E-state index in [0.717, 1.165) is 16.7 Å². The second-order valence-corrected chi connectivity index (χ2v) is 10.2. The maximum atomic E-state index is 13.6. The molecule has 2 amide bonds. The van der Waals surface area contributed by atoms with E-state index in [-0.39, 0.29) is 31.1 Å². The number of alkyl halides is 3. The fourth-order valence-corrected chi connectivity index (χ4v) is 4.99. The number of fused-ring (bicyclic) bond motifs is 1. The van der Waals surface area contributed by atoms with Crippen molar-refractivity contribution in [3.05, 3.63) is 98.1 Å². The lowest BCUT2D eigenvalue weighted by Gasteiger charge is -2.16. The summed E-state index contributed by atoms with van der Waals surface area (Å²) in [5, 5.41) is 30.8.